The minimum Gasteiger partial charge on any atom is -0.489 e. The summed E-state index contributed by atoms with van der Waals surface area (Å²) < 4.78 is 5.82. The molecule has 0 aliphatic carbocycles. The Labute approximate surface area is 151 Å². The van der Waals surface area contributed by atoms with E-state index in [4.69, 9.17) is 4.74 Å². The summed E-state index contributed by atoms with van der Waals surface area (Å²) in [6.07, 6.45) is 0. The summed E-state index contributed by atoms with van der Waals surface area (Å²) in [6.45, 7) is 2.33. The summed E-state index contributed by atoms with van der Waals surface area (Å²) in [7, 11) is 0. The number of benzene rings is 3. The van der Waals surface area contributed by atoms with Gasteiger partial charge in [-0.05, 0) is 48.4 Å². The fraction of sp³-hybridized carbons (Fsp3) is 0.0909. The molecule has 0 fully saturated rings. The van der Waals surface area contributed by atoms with Gasteiger partial charge in [0.2, 0.25) is 0 Å². The van der Waals surface area contributed by atoms with Crippen LogP contribution in [0.4, 0.5) is 5.69 Å². The molecule has 1 aliphatic heterocycles. The van der Waals surface area contributed by atoms with Crippen LogP contribution < -0.4 is 9.64 Å². The van der Waals surface area contributed by atoms with Gasteiger partial charge in [0.05, 0.1) is 16.8 Å². The average molecular weight is 343 g/mol. The molecule has 0 saturated heterocycles. The van der Waals surface area contributed by atoms with E-state index in [9.17, 15) is 9.59 Å². The fourth-order valence-electron chi connectivity index (χ4n) is 3.12. The van der Waals surface area contributed by atoms with Gasteiger partial charge >= 0.3 is 0 Å². The number of aryl methyl sites for hydroxylation is 1. The third-order valence-electron chi connectivity index (χ3n) is 4.45. The van der Waals surface area contributed by atoms with Crippen LogP contribution in [0.15, 0.2) is 72.8 Å². The molecule has 0 bridgehead atoms. The third-order valence-corrected chi connectivity index (χ3v) is 4.45. The van der Waals surface area contributed by atoms with Gasteiger partial charge in [0.15, 0.2) is 0 Å². The second-order valence-electron chi connectivity index (χ2n) is 6.21. The first-order chi connectivity index (χ1) is 12.6. The smallest absolute Gasteiger partial charge is 0.266 e. The number of ether oxygens (including phenoxy) is 1. The number of amides is 2. The maximum absolute atomic E-state index is 12.6. The van der Waals surface area contributed by atoms with Crippen molar-refractivity contribution < 1.29 is 14.3 Å². The van der Waals surface area contributed by atoms with Crippen LogP contribution in [0.25, 0.3) is 0 Å². The lowest BCUT2D eigenvalue weighted by Gasteiger charge is -2.17. The Morgan fingerprint density at radius 2 is 1.42 bits per heavy atom. The van der Waals surface area contributed by atoms with Crippen molar-refractivity contribution in [1.82, 2.24) is 0 Å². The van der Waals surface area contributed by atoms with Crippen LogP contribution in [0.3, 0.4) is 0 Å². The van der Waals surface area contributed by atoms with Crippen LogP contribution in [-0.2, 0) is 6.61 Å². The van der Waals surface area contributed by atoms with Crippen LogP contribution in [0.5, 0.6) is 5.75 Å². The Morgan fingerprint density at radius 1 is 0.808 bits per heavy atom. The van der Waals surface area contributed by atoms with Gasteiger partial charge in [-0.1, -0.05) is 42.5 Å². The molecule has 0 radical (unpaired) electrons. The fourth-order valence-corrected chi connectivity index (χ4v) is 3.12. The molecule has 128 valence electrons. The van der Waals surface area contributed by atoms with E-state index < -0.39 is 0 Å². The van der Waals surface area contributed by atoms with Crippen LogP contribution in [0, 0.1) is 6.92 Å². The molecule has 4 heteroatoms. The average Bonchev–Trinajstić information content (AvgIpc) is 2.92. The maximum atomic E-state index is 12.6. The summed E-state index contributed by atoms with van der Waals surface area (Å²) >= 11 is 0. The Morgan fingerprint density at radius 3 is 2.04 bits per heavy atom. The molecule has 1 aliphatic rings. The predicted octanol–water partition coefficient (Wildman–Crippen LogP) is 4.37. The Kier molecular flexibility index (Phi) is 4.01. The zero-order chi connectivity index (χ0) is 18.1. The van der Waals surface area contributed by atoms with Gasteiger partial charge in [-0.15, -0.1) is 0 Å². The molecule has 2 amide bonds. The lowest BCUT2D eigenvalue weighted by Crippen LogP contribution is -2.30. The molecule has 0 saturated carbocycles. The second-order valence-corrected chi connectivity index (χ2v) is 6.21. The number of carbonyl (C=O) groups excluding carboxylic acids is 2. The molecular formula is C22H17NO3. The number of carbonyl (C=O) groups is 2. The molecule has 0 atom stereocenters. The first-order valence-corrected chi connectivity index (χ1v) is 8.40. The maximum Gasteiger partial charge on any atom is 0.266 e. The molecule has 26 heavy (non-hydrogen) atoms. The van der Waals surface area contributed by atoms with E-state index in [2.05, 4.69) is 0 Å². The number of fused-ring (bicyclic) bond motifs is 1. The monoisotopic (exact) mass is 343 g/mol. The summed E-state index contributed by atoms with van der Waals surface area (Å²) in [4.78, 5) is 26.5. The number of rotatable bonds is 4. The summed E-state index contributed by atoms with van der Waals surface area (Å²) in [5.41, 5.74) is 3.37. The van der Waals surface area contributed by atoms with Crippen molar-refractivity contribution in [2.45, 2.75) is 13.5 Å². The van der Waals surface area contributed by atoms with Crippen molar-refractivity contribution in [3.63, 3.8) is 0 Å². The largest absolute Gasteiger partial charge is 0.489 e. The van der Waals surface area contributed by atoms with Gasteiger partial charge in [-0.25, -0.2) is 4.90 Å². The van der Waals surface area contributed by atoms with Gasteiger partial charge < -0.3 is 4.74 Å². The van der Waals surface area contributed by atoms with Crippen LogP contribution in [0.1, 0.15) is 31.8 Å². The van der Waals surface area contributed by atoms with Crippen LogP contribution in [-0.4, -0.2) is 11.8 Å². The minimum atomic E-state index is -0.286. The molecule has 4 rings (SSSR count). The van der Waals surface area contributed by atoms with E-state index in [1.54, 1.807) is 36.4 Å². The number of imide groups is 1. The highest BCUT2D eigenvalue weighted by Crippen LogP contribution is 2.32. The quantitative estimate of drug-likeness (QED) is 0.661. The lowest BCUT2D eigenvalue weighted by molar-refractivity contribution is 0.0926. The number of nitrogens with zero attached hydrogens (tertiary/aromatic N) is 1. The molecular weight excluding hydrogens is 326 g/mol. The molecule has 1 heterocycles. The number of hydrogen-bond donors (Lipinski definition) is 0. The SMILES string of the molecule is Cc1cc(OCc2ccccc2)ccc1N1C(=O)c2ccccc2C1=O. The van der Waals surface area contributed by atoms with Gasteiger partial charge in [0.25, 0.3) is 11.8 Å². The van der Waals surface area contributed by atoms with Gasteiger partial charge in [0.1, 0.15) is 12.4 Å². The molecule has 0 spiro atoms. The topological polar surface area (TPSA) is 46.6 Å². The summed E-state index contributed by atoms with van der Waals surface area (Å²) in [5, 5.41) is 0. The highest BCUT2D eigenvalue weighted by Gasteiger charge is 2.36. The Bertz CT molecular complexity index is 960. The summed E-state index contributed by atoms with van der Waals surface area (Å²) in [5.74, 6) is 0.130. The third kappa shape index (κ3) is 2.75. The van der Waals surface area contributed by atoms with Crippen molar-refractivity contribution in [3.05, 3.63) is 95.1 Å². The number of anilines is 1. The van der Waals surface area contributed by atoms with Gasteiger partial charge in [0, 0.05) is 0 Å². The molecule has 3 aromatic carbocycles. The first-order valence-electron chi connectivity index (χ1n) is 8.40. The highest BCUT2D eigenvalue weighted by atomic mass is 16.5. The number of hydrogen-bond acceptors (Lipinski definition) is 3. The zero-order valence-electron chi connectivity index (χ0n) is 14.3. The van der Waals surface area contributed by atoms with Crippen molar-refractivity contribution in [1.29, 1.82) is 0 Å². The summed E-state index contributed by atoms with van der Waals surface area (Å²) in [6, 6.07) is 22.2. The Balaban J connectivity index is 1.57. The first kappa shape index (κ1) is 16.1. The minimum absolute atomic E-state index is 0.286. The zero-order valence-corrected chi connectivity index (χ0v) is 14.3. The standard InChI is InChI=1S/C22H17NO3/c1-15-13-17(26-14-16-7-3-2-4-8-16)11-12-20(15)23-21(24)18-9-5-6-10-19(18)22(23)25/h2-13H,14H2,1H3. The van der Waals surface area contributed by atoms with Crippen molar-refractivity contribution in [2.24, 2.45) is 0 Å². The normalized spacial score (nSPS) is 13.0. The molecule has 0 aromatic heterocycles. The van der Waals surface area contributed by atoms with Gasteiger partial charge in [-0.3, -0.25) is 9.59 Å². The molecule has 3 aromatic rings. The van der Waals surface area contributed by atoms with E-state index in [1.807, 2.05) is 43.3 Å². The second kappa shape index (κ2) is 6.48. The van der Waals surface area contributed by atoms with Crippen LogP contribution in [0.2, 0.25) is 0 Å². The Hall–Kier alpha value is -3.40. The highest BCUT2D eigenvalue weighted by molar-refractivity contribution is 6.34. The van der Waals surface area contributed by atoms with Gasteiger partial charge in [-0.2, -0.15) is 0 Å². The predicted molar refractivity (Wildman–Crippen MR) is 99.5 cm³/mol. The van der Waals surface area contributed by atoms with Crippen molar-refractivity contribution >= 4 is 17.5 Å². The van der Waals surface area contributed by atoms with E-state index in [0.29, 0.717) is 29.2 Å². The molecule has 0 N–H and O–H groups in total. The van der Waals surface area contributed by atoms with Crippen LogP contribution >= 0.6 is 0 Å². The van der Waals surface area contributed by atoms with E-state index in [-0.39, 0.29) is 11.8 Å². The molecule has 4 nitrogen and oxygen atoms in total. The van der Waals surface area contributed by atoms with E-state index in [0.717, 1.165) is 11.1 Å². The van der Waals surface area contributed by atoms with Crippen molar-refractivity contribution in [2.75, 3.05) is 4.90 Å². The lowest BCUT2D eigenvalue weighted by atomic mass is 10.1. The van der Waals surface area contributed by atoms with E-state index in [1.165, 1.54) is 4.90 Å². The van der Waals surface area contributed by atoms with E-state index >= 15 is 0 Å². The van der Waals surface area contributed by atoms with Crippen molar-refractivity contribution in [3.8, 4) is 5.75 Å². The molecule has 0 unspecified atom stereocenters.